The van der Waals surface area contributed by atoms with Crippen molar-refractivity contribution in [1.82, 2.24) is 10.0 Å². The topological polar surface area (TPSA) is 93.7 Å². The fourth-order valence-electron chi connectivity index (χ4n) is 2.55. The van der Waals surface area contributed by atoms with E-state index in [0.29, 0.717) is 6.61 Å². The zero-order chi connectivity index (χ0) is 20.6. The van der Waals surface area contributed by atoms with Crippen LogP contribution in [0.3, 0.4) is 0 Å². The highest BCUT2D eigenvalue weighted by molar-refractivity contribution is 7.89. The number of hydrogen-bond acceptors (Lipinski definition) is 5. The summed E-state index contributed by atoms with van der Waals surface area (Å²) in [5.41, 5.74) is 0.815. The first-order valence-electron chi connectivity index (χ1n) is 8.54. The molecule has 1 amide bonds. The summed E-state index contributed by atoms with van der Waals surface area (Å²) in [5, 5.41) is 2.91. The second-order valence-electron chi connectivity index (χ2n) is 5.94. The molecule has 0 unspecified atom stereocenters. The Labute approximate surface area is 170 Å². The molecular weight excluding hydrogens is 404 g/mol. The molecule has 0 aromatic heterocycles. The zero-order valence-electron chi connectivity index (χ0n) is 15.6. The highest BCUT2D eigenvalue weighted by atomic mass is 35.5. The van der Waals surface area contributed by atoms with Crippen molar-refractivity contribution in [3.63, 3.8) is 0 Å². The highest BCUT2D eigenvalue weighted by Crippen LogP contribution is 2.27. The van der Waals surface area contributed by atoms with Gasteiger partial charge in [-0.2, -0.15) is 4.72 Å². The van der Waals surface area contributed by atoms with Crippen molar-refractivity contribution in [2.24, 2.45) is 0 Å². The lowest BCUT2D eigenvalue weighted by atomic mass is 10.1. The van der Waals surface area contributed by atoms with Gasteiger partial charge in [-0.05, 0) is 30.2 Å². The number of amides is 1. The fraction of sp³-hybridized carbons (Fsp3) is 0.316. The maximum Gasteiger partial charge on any atom is 0.245 e. The predicted octanol–water partition coefficient (Wildman–Crippen LogP) is 2.00. The Balaban J connectivity index is 2.29. The average Bonchev–Trinajstić information content (AvgIpc) is 2.68. The number of carbonyl (C=O) groups is 1. The molecule has 0 saturated carbocycles. The predicted molar refractivity (Wildman–Crippen MR) is 107 cm³/mol. The molecule has 0 aliphatic rings. The van der Waals surface area contributed by atoms with Gasteiger partial charge in [-0.3, -0.25) is 4.79 Å². The van der Waals surface area contributed by atoms with Gasteiger partial charge in [-0.25, -0.2) is 8.42 Å². The average molecular weight is 427 g/mol. The lowest BCUT2D eigenvalue weighted by Gasteiger charge is -2.19. The molecule has 2 rings (SSSR count). The minimum atomic E-state index is -4.07. The third kappa shape index (κ3) is 6.20. The lowest BCUT2D eigenvalue weighted by molar-refractivity contribution is -0.122. The first-order valence-corrected chi connectivity index (χ1v) is 10.4. The van der Waals surface area contributed by atoms with Crippen LogP contribution in [-0.4, -0.2) is 47.7 Å². The van der Waals surface area contributed by atoms with E-state index in [1.807, 2.05) is 30.3 Å². The van der Waals surface area contributed by atoms with Gasteiger partial charge in [0.15, 0.2) is 0 Å². The zero-order valence-corrected chi connectivity index (χ0v) is 17.2. The molecule has 2 N–H and O–H groups in total. The Morgan fingerprint density at radius 3 is 2.50 bits per heavy atom. The minimum absolute atomic E-state index is 0.134. The molecule has 9 heteroatoms. The van der Waals surface area contributed by atoms with Crippen molar-refractivity contribution in [3.8, 4) is 5.75 Å². The van der Waals surface area contributed by atoms with Crippen molar-refractivity contribution < 1.29 is 22.7 Å². The monoisotopic (exact) mass is 426 g/mol. The van der Waals surface area contributed by atoms with Crippen LogP contribution >= 0.6 is 11.6 Å². The van der Waals surface area contributed by atoms with Gasteiger partial charge in [-0.15, -0.1) is 0 Å². The van der Waals surface area contributed by atoms with E-state index in [1.165, 1.54) is 32.4 Å². The van der Waals surface area contributed by atoms with Gasteiger partial charge in [0.1, 0.15) is 16.7 Å². The Kier molecular flexibility index (Phi) is 8.25. The van der Waals surface area contributed by atoms with E-state index in [9.17, 15) is 13.2 Å². The second kappa shape index (κ2) is 10.4. The van der Waals surface area contributed by atoms with E-state index in [-0.39, 0.29) is 28.6 Å². The molecule has 2 aromatic carbocycles. The molecule has 0 heterocycles. The standard InChI is InChI=1S/C19H23ClN2O5S/c1-26-11-10-21-19(23)16(12-14-6-4-3-5-7-14)22-28(24,25)18-13-15(20)8-9-17(18)27-2/h3-9,13,16,22H,10-12H2,1-2H3,(H,21,23)/t16-/m0/s1. The smallest absolute Gasteiger partial charge is 0.245 e. The number of rotatable bonds is 10. The first-order chi connectivity index (χ1) is 13.4. The molecule has 2 aromatic rings. The van der Waals surface area contributed by atoms with E-state index >= 15 is 0 Å². The molecule has 28 heavy (non-hydrogen) atoms. The molecule has 0 aliphatic heterocycles. The van der Waals surface area contributed by atoms with Crippen molar-refractivity contribution in [2.75, 3.05) is 27.4 Å². The van der Waals surface area contributed by atoms with Gasteiger partial charge in [0.05, 0.1) is 13.7 Å². The number of methoxy groups -OCH3 is 2. The summed E-state index contributed by atoms with van der Waals surface area (Å²) in [6, 6.07) is 12.4. The normalized spacial score (nSPS) is 12.4. The molecule has 152 valence electrons. The molecule has 7 nitrogen and oxygen atoms in total. The number of benzene rings is 2. The van der Waals surface area contributed by atoms with Crippen LogP contribution in [-0.2, 0) is 26.0 Å². The molecule has 0 spiro atoms. The van der Waals surface area contributed by atoms with Crippen molar-refractivity contribution in [1.29, 1.82) is 0 Å². The fourth-order valence-corrected chi connectivity index (χ4v) is 4.18. The van der Waals surface area contributed by atoms with Crippen LogP contribution in [0.1, 0.15) is 5.56 Å². The van der Waals surface area contributed by atoms with Crippen LogP contribution in [0, 0.1) is 0 Å². The first kappa shape index (κ1) is 22.2. The van der Waals surface area contributed by atoms with Gasteiger partial charge in [0, 0.05) is 18.7 Å². The summed E-state index contributed by atoms with van der Waals surface area (Å²) in [4.78, 5) is 12.5. The number of halogens is 1. The Morgan fingerprint density at radius 2 is 1.86 bits per heavy atom. The molecule has 0 saturated heterocycles. The van der Waals surface area contributed by atoms with Crippen molar-refractivity contribution in [3.05, 3.63) is 59.1 Å². The molecule has 0 bridgehead atoms. The van der Waals surface area contributed by atoms with Gasteiger partial charge < -0.3 is 14.8 Å². The Morgan fingerprint density at radius 1 is 1.14 bits per heavy atom. The largest absolute Gasteiger partial charge is 0.495 e. The van der Waals surface area contributed by atoms with Crippen molar-refractivity contribution >= 4 is 27.5 Å². The SMILES string of the molecule is COCCNC(=O)[C@H](Cc1ccccc1)NS(=O)(=O)c1cc(Cl)ccc1OC. The van der Waals surface area contributed by atoms with Crippen LogP contribution in [0.15, 0.2) is 53.4 Å². The molecule has 0 aliphatic carbocycles. The molecule has 1 atom stereocenters. The molecule has 0 fully saturated rings. The van der Waals surface area contributed by atoms with E-state index in [1.54, 1.807) is 0 Å². The van der Waals surface area contributed by atoms with Gasteiger partial charge in [0.2, 0.25) is 15.9 Å². The summed E-state index contributed by atoms with van der Waals surface area (Å²) in [6.07, 6.45) is 0.182. The minimum Gasteiger partial charge on any atom is -0.495 e. The van der Waals surface area contributed by atoms with E-state index in [4.69, 9.17) is 21.1 Å². The number of hydrogen-bond donors (Lipinski definition) is 2. The highest BCUT2D eigenvalue weighted by Gasteiger charge is 2.28. The third-order valence-electron chi connectivity index (χ3n) is 3.92. The van der Waals surface area contributed by atoms with E-state index in [2.05, 4.69) is 10.0 Å². The van der Waals surface area contributed by atoms with Crippen LogP contribution in [0.4, 0.5) is 0 Å². The summed E-state index contributed by atoms with van der Waals surface area (Å²) in [5.74, 6) is -0.319. The van der Waals surface area contributed by atoms with Crippen molar-refractivity contribution in [2.45, 2.75) is 17.4 Å². The Bertz CT molecular complexity index is 890. The summed E-state index contributed by atoms with van der Waals surface area (Å²) >= 11 is 5.95. The summed E-state index contributed by atoms with van der Waals surface area (Å²) in [7, 11) is -1.19. The van der Waals surface area contributed by atoms with Gasteiger partial charge in [0.25, 0.3) is 0 Å². The van der Waals surface area contributed by atoms with Crippen LogP contribution < -0.4 is 14.8 Å². The third-order valence-corrected chi connectivity index (χ3v) is 5.65. The number of carbonyl (C=O) groups excluding carboxylic acids is 1. The maximum atomic E-state index is 12.9. The Hall–Kier alpha value is -2.13. The quantitative estimate of drug-likeness (QED) is 0.567. The van der Waals surface area contributed by atoms with Gasteiger partial charge >= 0.3 is 0 Å². The second-order valence-corrected chi connectivity index (χ2v) is 8.06. The summed E-state index contributed by atoms with van der Waals surface area (Å²) < 4.78 is 38.4. The van der Waals surface area contributed by atoms with Crippen LogP contribution in [0.2, 0.25) is 5.02 Å². The van der Waals surface area contributed by atoms with E-state index in [0.717, 1.165) is 5.56 Å². The number of nitrogens with one attached hydrogen (secondary N) is 2. The summed E-state index contributed by atoms with van der Waals surface area (Å²) in [6.45, 7) is 0.585. The lowest BCUT2D eigenvalue weighted by Crippen LogP contribution is -2.48. The number of sulfonamides is 1. The van der Waals surface area contributed by atoms with E-state index < -0.39 is 22.0 Å². The molecular formula is C19H23ClN2O5S. The molecule has 0 radical (unpaired) electrons. The van der Waals surface area contributed by atoms with Crippen LogP contribution in [0.25, 0.3) is 0 Å². The maximum absolute atomic E-state index is 12.9. The number of ether oxygens (including phenoxy) is 2. The van der Waals surface area contributed by atoms with Gasteiger partial charge in [-0.1, -0.05) is 41.9 Å². The van der Waals surface area contributed by atoms with Crippen LogP contribution in [0.5, 0.6) is 5.75 Å².